The van der Waals surface area contributed by atoms with Gasteiger partial charge in [-0.15, -0.1) is 0 Å². The van der Waals surface area contributed by atoms with E-state index in [1.165, 1.54) is 57.1 Å². The van der Waals surface area contributed by atoms with Crippen molar-refractivity contribution in [3.63, 3.8) is 0 Å². The van der Waals surface area contributed by atoms with Crippen LogP contribution in [0.15, 0.2) is 74.3 Å². The molecule has 2 aromatic carbocycles. The predicted molar refractivity (Wildman–Crippen MR) is 153 cm³/mol. The van der Waals surface area contributed by atoms with Gasteiger partial charge in [0.25, 0.3) is 0 Å². The third kappa shape index (κ3) is 5.61. The van der Waals surface area contributed by atoms with Crippen LogP contribution in [0.4, 0.5) is 4.79 Å². The Kier molecular flexibility index (Phi) is 8.15. The zero-order chi connectivity index (χ0) is 30.0. The molecule has 0 N–H and O–H groups in total. The van der Waals surface area contributed by atoms with Gasteiger partial charge >= 0.3 is 17.9 Å². The second kappa shape index (κ2) is 12.0. The van der Waals surface area contributed by atoms with Crippen LogP contribution in [0.5, 0.6) is 0 Å². The molecule has 1 spiro atoms. The molecule has 3 aliphatic rings. The van der Waals surface area contributed by atoms with Gasteiger partial charge in [0.1, 0.15) is 6.10 Å². The normalized spacial score (nSPS) is 23.2. The summed E-state index contributed by atoms with van der Waals surface area (Å²) < 4.78 is 34.2. The van der Waals surface area contributed by atoms with E-state index in [2.05, 4.69) is 0 Å². The second-order valence-electron chi connectivity index (χ2n) is 11.8. The molecule has 2 unspecified atom stereocenters. The van der Waals surface area contributed by atoms with Crippen LogP contribution in [0.1, 0.15) is 68.1 Å². The SMILES string of the molecule is Cc1oc(=O)oc1COC(=O)O[C@H](C)OC(C(=O)OC1CC2CCC(C1)[N+]21CCCC1)(c1ccccc1)c1ccccc1. The smallest absolute Gasteiger partial charge is 0.459 e. The van der Waals surface area contributed by atoms with Gasteiger partial charge in [-0.2, -0.15) is 0 Å². The molecule has 1 aromatic heterocycles. The van der Waals surface area contributed by atoms with Crippen molar-refractivity contribution in [2.24, 2.45) is 0 Å². The summed E-state index contributed by atoms with van der Waals surface area (Å²) in [5.74, 6) is -1.17. The highest BCUT2D eigenvalue weighted by atomic mass is 16.8. The number of carbonyl (C=O) groups is 2. The highest BCUT2D eigenvalue weighted by Gasteiger charge is 2.57. The summed E-state index contributed by atoms with van der Waals surface area (Å²) in [5, 5.41) is 0. The first kappa shape index (κ1) is 29.2. The van der Waals surface area contributed by atoms with Gasteiger partial charge in [0.15, 0.2) is 18.1 Å². The molecule has 0 radical (unpaired) electrons. The number of hydrogen-bond acceptors (Lipinski definition) is 9. The zero-order valence-electron chi connectivity index (χ0n) is 24.6. The Hall–Kier alpha value is -3.89. The maximum atomic E-state index is 14.5. The summed E-state index contributed by atoms with van der Waals surface area (Å²) in [6.07, 6.45) is 4.05. The summed E-state index contributed by atoms with van der Waals surface area (Å²) in [6, 6.07) is 19.3. The molecule has 3 fully saturated rings. The van der Waals surface area contributed by atoms with Gasteiger partial charge in [0.05, 0.1) is 25.2 Å². The largest absolute Gasteiger partial charge is 0.519 e. The number of carbonyl (C=O) groups excluding carboxylic acids is 2. The molecule has 43 heavy (non-hydrogen) atoms. The maximum absolute atomic E-state index is 14.5. The molecule has 0 saturated carbocycles. The summed E-state index contributed by atoms with van der Waals surface area (Å²) in [6.45, 7) is 5.13. The van der Waals surface area contributed by atoms with Gasteiger partial charge in [0.2, 0.25) is 11.9 Å². The van der Waals surface area contributed by atoms with E-state index in [4.69, 9.17) is 27.8 Å². The summed E-state index contributed by atoms with van der Waals surface area (Å²) in [4.78, 5) is 38.4. The van der Waals surface area contributed by atoms with Crippen LogP contribution in [0.3, 0.4) is 0 Å². The molecule has 3 aromatic rings. The molecule has 2 bridgehead atoms. The third-order valence-electron chi connectivity index (χ3n) is 9.44. The molecule has 3 aliphatic heterocycles. The summed E-state index contributed by atoms with van der Waals surface area (Å²) >= 11 is 0. The lowest BCUT2D eigenvalue weighted by atomic mass is 9.85. The van der Waals surface area contributed by atoms with E-state index in [9.17, 15) is 14.4 Å². The lowest BCUT2D eigenvalue weighted by Crippen LogP contribution is -2.60. The van der Waals surface area contributed by atoms with E-state index in [0.29, 0.717) is 23.2 Å². The van der Waals surface area contributed by atoms with Gasteiger partial charge in [-0.05, 0) is 25.0 Å². The fourth-order valence-electron chi connectivity index (χ4n) is 7.55. The average molecular weight is 593 g/mol. The molecular formula is C33H38NO9+. The first-order valence-corrected chi connectivity index (χ1v) is 15.1. The van der Waals surface area contributed by atoms with Gasteiger partial charge in [-0.25, -0.2) is 14.4 Å². The van der Waals surface area contributed by atoms with E-state index in [1.54, 1.807) is 24.3 Å². The number of quaternary nitrogens is 1. The number of hydrogen-bond donors (Lipinski definition) is 0. The zero-order valence-corrected chi connectivity index (χ0v) is 24.6. The predicted octanol–water partition coefficient (Wildman–Crippen LogP) is 5.35. The van der Waals surface area contributed by atoms with Gasteiger partial charge < -0.3 is 32.3 Å². The van der Waals surface area contributed by atoms with Crippen LogP contribution >= 0.6 is 0 Å². The Morgan fingerprint density at radius 2 is 1.51 bits per heavy atom. The fourth-order valence-corrected chi connectivity index (χ4v) is 7.55. The van der Waals surface area contributed by atoms with Crippen LogP contribution in [-0.2, 0) is 35.9 Å². The number of benzene rings is 2. The minimum Gasteiger partial charge on any atom is -0.459 e. The molecule has 0 aliphatic carbocycles. The van der Waals surface area contributed by atoms with Crippen LogP contribution in [-0.4, -0.2) is 54.2 Å². The van der Waals surface area contributed by atoms with E-state index in [1.807, 2.05) is 36.4 Å². The van der Waals surface area contributed by atoms with Crippen molar-refractivity contribution in [3.8, 4) is 0 Å². The van der Waals surface area contributed by atoms with Crippen molar-refractivity contribution in [3.05, 3.63) is 93.9 Å². The number of nitrogens with zero attached hydrogens (tertiary/aromatic N) is 1. The number of piperidine rings is 1. The number of aryl methyl sites for hydroxylation is 1. The van der Waals surface area contributed by atoms with Crippen LogP contribution in [0.25, 0.3) is 0 Å². The molecular weight excluding hydrogens is 554 g/mol. The highest BCUT2D eigenvalue weighted by molar-refractivity contribution is 5.86. The third-order valence-corrected chi connectivity index (χ3v) is 9.44. The fraction of sp³-hybridized carbons (Fsp3) is 0.485. The molecule has 3 saturated heterocycles. The van der Waals surface area contributed by atoms with Crippen molar-refractivity contribution < 1.29 is 41.9 Å². The topological polar surface area (TPSA) is 114 Å². The van der Waals surface area contributed by atoms with E-state index >= 15 is 0 Å². The average Bonchev–Trinajstić information content (AvgIpc) is 3.66. The van der Waals surface area contributed by atoms with Crippen LogP contribution in [0.2, 0.25) is 0 Å². The molecule has 228 valence electrons. The molecule has 6 rings (SSSR count). The standard InChI is InChI=1S/C33H38NO9/c1-22-29(42-32(37)39-22)21-38-31(36)40-23(2)43-33(24-11-5-3-6-12-24,25-13-7-4-8-14-25)30(35)41-28-19-26-15-16-27(20-28)34(26)17-9-10-18-34/h3-8,11-14,23,26-28H,9-10,15-21H2,1-2H3/q+1/t23-,26?,27?,28?/m0/s1. The Morgan fingerprint density at radius 3 is 2.05 bits per heavy atom. The van der Waals surface area contributed by atoms with Crippen LogP contribution < -0.4 is 5.82 Å². The van der Waals surface area contributed by atoms with Crippen molar-refractivity contribution in [1.82, 2.24) is 0 Å². The number of esters is 1. The highest BCUT2D eigenvalue weighted by Crippen LogP contribution is 2.47. The monoisotopic (exact) mass is 592 g/mol. The number of ether oxygens (including phenoxy) is 4. The Bertz CT molecular complexity index is 1420. The van der Waals surface area contributed by atoms with Crippen molar-refractivity contribution >= 4 is 12.1 Å². The number of rotatable bonds is 9. The quantitative estimate of drug-likeness (QED) is 0.184. The van der Waals surface area contributed by atoms with Crippen molar-refractivity contribution in [1.29, 1.82) is 0 Å². The first-order chi connectivity index (χ1) is 20.8. The van der Waals surface area contributed by atoms with Gasteiger partial charge in [0, 0.05) is 38.5 Å². The van der Waals surface area contributed by atoms with E-state index in [-0.39, 0.29) is 24.2 Å². The van der Waals surface area contributed by atoms with Gasteiger partial charge in [-0.3, -0.25) is 0 Å². The van der Waals surface area contributed by atoms with Gasteiger partial charge in [-0.1, -0.05) is 60.7 Å². The van der Waals surface area contributed by atoms with E-state index in [0.717, 1.165) is 12.8 Å². The minimum absolute atomic E-state index is 0.0708. The summed E-state index contributed by atoms with van der Waals surface area (Å²) in [5.41, 5.74) is -0.618. The molecule has 3 atom stereocenters. The van der Waals surface area contributed by atoms with E-state index < -0.39 is 29.8 Å². The lowest BCUT2D eigenvalue weighted by Gasteiger charge is -2.47. The minimum atomic E-state index is -1.72. The molecule has 10 heteroatoms. The maximum Gasteiger partial charge on any atom is 0.519 e. The lowest BCUT2D eigenvalue weighted by molar-refractivity contribution is -0.956. The Balaban J connectivity index is 1.24. The molecule has 4 heterocycles. The van der Waals surface area contributed by atoms with Crippen molar-refractivity contribution in [2.75, 3.05) is 13.1 Å². The van der Waals surface area contributed by atoms with Crippen LogP contribution in [0, 0.1) is 6.92 Å². The molecule has 0 amide bonds. The summed E-state index contributed by atoms with van der Waals surface area (Å²) in [7, 11) is 0. The second-order valence-corrected chi connectivity index (χ2v) is 11.8. The Labute approximate surface area is 250 Å². The Morgan fingerprint density at radius 1 is 0.930 bits per heavy atom. The van der Waals surface area contributed by atoms with Crippen molar-refractivity contribution in [2.45, 2.75) is 89.1 Å². The first-order valence-electron chi connectivity index (χ1n) is 15.1. The molecule has 10 nitrogen and oxygen atoms in total.